The highest BCUT2D eigenvalue weighted by Gasteiger charge is 2.36. The van der Waals surface area contributed by atoms with Crippen LogP contribution in [0.5, 0.6) is 0 Å². The van der Waals surface area contributed by atoms with Gasteiger partial charge in [0.15, 0.2) is 9.84 Å². The fraction of sp³-hybridized carbons (Fsp3) is 0.125. The molecule has 0 saturated carbocycles. The van der Waals surface area contributed by atoms with Gasteiger partial charge in [-0.2, -0.15) is 26.3 Å². The number of hydrogen-bond donors (Lipinski definition) is 0. The Morgan fingerprint density at radius 2 is 0.837 bits per heavy atom. The lowest BCUT2D eigenvalue weighted by atomic mass is 10.0. The Balaban J connectivity index is 1.89. The average Bonchev–Trinajstić information content (AvgIpc) is 2.94. The van der Waals surface area contributed by atoms with E-state index in [0.29, 0.717) is 0 Å². The van der Waals surface area contributed by atoms with Crippen LogP contribution in [-0.4, -0.2) is 8.42 Å². The van der Waals surface area contributed by atoms with Gasteiger partial charge in [0.05, 0.1) is 11.1 Å². The van der Waals surface area contributed by atoms with Crippen molar-refractivity contribution in [3.05, 3.63) is 154 Å². The minimum Gasteiger partial charge on any atom is -0.227 e. The second-order valence-corrected chi connectivity index (χ2v) is 11.6. The van der Waals surface area contributed by atoms with Gasteiger partial charge in [-0.1, -0.05) is 85.0 Å². The summed E-state index contributed by atoms with van der Waals surface area (Å²) in [6, 6.07) is 17.4. The van der Waals surface area contributed by atoms with Crippen LogP contribution >= 0.6 is 0 Å². The van der Waals surface area contributed by atoms with Gasteiger partial charge < -0.3 is 0 Å². The van der Waals surface area contributed by atoms with E-state index in [1.807, 2.05) is 0 Å². The van der Waals surface area contributed by atoms with Gasteiger partial charge in [0.25, 0.3) is 0 Å². The normalized spacial score (nSPS) is 14.3. The molecule has 2 unspecified atom stereocenters. The summed E-state index contributed by atoms with van der Waals surface area (Å²) >= 11 is 0. The third-order valence-corrected chi connectivity index (χ3v) is 8.81. The van der Waals surface area contributed by atoms with E-state index in [-0.39, 0.29) is 22.3 Å². The Hall–Kier alpha value is -4.25. The molecule has 0 saturated heterocycles. The summed E-state index contributed by atoms with van der Waals surface area (Å²) in [4.78, 5) is 0. The molecule has 0 spiro atoms. The molecule has 0 fully saturated rings. The molecule has 0 N–H and O–H groups in total. The second kappa shape index (κ2) is 12.5. The maximum Gasteiger partial charge on any atom is 0.416 e. The Bertz CT molecular complexity index is 1600. The predicted molar refractivity (Wildman–Crippen MR) is 148 cm³/mol. The van der Waals surface area contributed by atoms with Crippen molar-refractivity contribution in [1.82, 2.24) is 0 Å². The highest BCUT2D eigenvalue weighted by Crippen LogP contribution is 2.39. The van der Waals surface area contributed by atoms with Crippen LogP contribution in [0.25, 0.3) is 12.2 Å². The Kier molecular flexibility index (Phi) is 9.24. The van der Waals surface area contributed by atoms with Crippen LogP contribution in [0.15, 0.2) is 109 Å². The first kappa shape index (κ1) is 31.7. The molecule has 43 heavy (non-hydrogen) atoms. The molecule has 11 heteroatoms. The van der Waals surface area contributed by atoms with Crippen molar-refractivity contribution in [2.75, 3.05) is 0 Å². The van der Waals surface area contributed by atoms with Gasteiger partial charge in [0.1, 0.15) is 22.1 Å². The first-order chi connectivity index (χ1) is 20.2. The zero-order valence-electron chi connectivity index (χ0n) is 22.0. The number of alkyl halides is 6. The summed E-state index contributed by atoms with van der Waals surface area (Å²) in [7, 11) is -4.61. The average molecular weight is 623 g/mol. The highest BCUT2D eigenvalue weighted by atomic mass is 32.2. The van der Waals surface area contributed by atoms with Gasteiger partial charge in [-0.05, 0) is 58.7 Å². The van der Waals surface area contributed by atoms with Crippen molar-refractivity contribution in [2.45, 2.75) is 22.9 Å². The van der Waals surface area contributed by atoms with Gasteiger partial charge in [-0.15, -0.1) is 0 Å². The SMILES string of the molecule is O=S(=O)(C(/C=C/c1ccccc1C(F)(F)F)c1ccc(F)cc1)C(/C=C/c1ccccc1C(F)(F)F)c1ccc(F)cc1. The summed E-state index contributed by atoms with van der Waals surface area (Å²) in [5.74, 6) is -1.41. The predicted octanol–water partition coefficient (Wildman–Crippen LogP) is 9.63. The van der Waals surface area contributed by atoms with Gasteiger partial charge in [-0.25, -0.2) is 17.2 Å². The molecule has 0 aliphatic rings. The van der Waals surface area contributed by atoms with E-state index < -0.39 is 55.5 Å². The zero-order valence-corrected chi connectivity index (χ0v) is 22.8. The molecular weight excluding hydrogens is 600 g/mol. The van der Waals surface area contributed by atoms with Crippen LogP contribution in [0, 0.1) is 11.6 Å². The summed E-state index contributed by atoms with van der Waals surface area (Å²) < 4.78 is 138. The van der Waals surface area contributed by atoms with Crippen molar-refractivity contribution in [3.8, 4) is 0 Å². The molecule has 0 aromatic heterocycles. The van der Waals surface area contributed by atoms with Crippen LogP contribution in [-0.2, 0) is 22.2 Å². The van der Waals surface area contributed by atoms with Gasteiger partial charge in [0, 0.05) is 0 Å². The molecule has 0 radical (unpaired) electrons. The Morgan fingerprint density at radius 3 is 1.16 bits per heavy atom. The number of sulfone groups is 1. The standard InChI is InChI=1S/C32H22F8O2S/c33-25-15-9-23(10-16-25)29(19-13-21-5-1-3-7-27(21)31(35,36)37)43(41,42)30(24-11-17-26(34)18-12-24)20-14-22-6-2-4-8-28(22)32(38,39)40/h1-20,29-30H/b19-13+,20-14+. The molecule has 0 aliphatic heterocycles. The van der Waals surface area contributed by atoms with E-state index in [2.05, 4.69) is 0 Å². The lowest BCUT2D eigenvalue weighted by Gasteiger charge is -2.22. The fourth-order valence-electron chi connectivity index (χ4n) is 4.47. The maximum atomic E-state index is 14.3. The van der Waals surface area contributed by atoms with Crippen molar-refractivity contribution in [3.63, 3.8) is 0 Å². The Labute approximate surface area is 242 Å². The van der Waals surface area contributed by atoms with Crippen molar-refractivity contribution in [1.29, 1.82) is 0 Å². The topological polar surface area (TPSA) is 34.1 Å². The maximum absolute atomic E-state index is 14.3. The van der Waals surface area contributed by atoms with Crippen LogP contribution < -0.4 is 0 Å². The van der Waals surface area contributed by atoms with Gasteiger partial charge in [-0.3, -0.25) is 0 Å². The third-order valence-electron chi connectivity index (χ3n) is 6.54. The number of benzene rings is 4. The van der Waals surface area contributed by atoms with Crippen molar-refractivity contribution < 1.29 is 43.5 Å². The number of rotatable bonds is 8. The molecule has 224 valence electrons. The van der Waals surface area contributed by atoms with E-state index >= 15 is 0 Å². The largest absolute Gasteiger partial charge is 0.416 e. The minimum atomic E-state index is -4.75. The molecular formula is C32H22F8O2S. The van der Waals surface area contributed by atoms with Crippen LogP contribution in [0.3, 0.4) is 0 Å². The molecule has 4 aromatic carbocycles. The molecule has 2 atom stereocenters. The molecule has 0 aliphatic carbocycles. The van der Waals surface area contributed by atoms with Crippen LogP contribution in [0.2, 0.25) is 0 Å². The summed E-state index contributed by atoms with van der Waals surface area (Å²) in [6.45, 7) is 0. The molecule has 0 bridgehead atoms. The van der Waals surface area contributed by atoms with E-state index in [1.54, 1.807) is 0 Å². The molecule has 4 aromatic rings. The van der Waals surface area contributed by atoms with Crippen molar-refractivity contribution in [2.24, 2.45) is 0 Å². The van der Waals surface area contributed by atoms with E-state index in [9.17, 15) is 43.5 Å². The molecule has 0 heterocycles. The Morgan fingerprint density at radius 1 is 0.512 bits per heavy atom. The lowest BCUT2D eigenvalue weighted by molar-refractivity contribution is -0.138. The summed E-state index contributed by atoms with van der Waals surface area (Å²) in [5.41, 5.74) is -2.77. The first-order valence-corrected chi connectivity index (χ1v) is 14.2. The molecule has 2 nitrogen and oxygen atoms in total. The van der Waals surface area contributed by atoms with E-state index in [1.165, 1.54) is 24.3 Å². The van der Waals surface area contributed by atoms with Crippen molar-refractivity contribution >= 4 is 22.0 Å². The summed E-state index contributed by atoms with van der Waals surface area (Å²) in [5, 5.41) is -3.38. The van der Waals surface area contributed by atoms with Gasteiger partial charge >= 0.3 is 12.4 Å². The molecule has 4 rings (SSSR count). The van der Waals surface area contributed by atoms with Crippen LogP contribution in [0.1, 0.15) is 43.9 Å². The monoisotopic (exact) mass is 622 g/mol. The highest BCUT2D eigenvalue weighted by molar-refractivity contribution is 7.92. The third kappa shape index (κ3) is 7.59. The first-order valence-electron chi connectivity index (χ1n) is 12.6. The smallest absolute Gasteiger partial charge is 0.227 e. The number of halogens is 8. The molecule has 0 amide bonds. The number of hydrogen-bond acceptors (Lipinski definition) is 2. The minimum absolute atomic E-state index is 0.0154. The van der Waals surface area contributed by atoms with E-state index in [4.69, 9.17) is 0 Å². The zero-order chi connectivity index (χ0) is 31.4. The second-order valence-electron chi connectivity index (χ2n) is 9.42. The van der Waals surface area contributed by atoms with Crippen LogP contribution in [0.4, 0.5) is 35.1 Å². The van der Waals surface area contributed by atoms with E-state index in [0.717, 1.165) is 97.1 Å². The lowest BCUT2D eigenvalue weighted by Crippen LogP contribution is -2.19. The van der Waals surface area contributed by atoms with Gasteiger partial charge in [0.2, 0.25) is 0 Å². The quantitative estimate of drug-likeness (QED) is 0.184. The fourth-order valence-corrected chi connectivity index (χ4v) is 6.45. The summed E-state index contributed by atoms with van der Waals surface area (Å²) in [6.07, 6.45) is -5.56.